The van der Waals surface area contributed by atoms with Gasteiger partial charge < -0.3 is 15.5 Å². The van der Waals surface area contributed by atoms with Crippen LogP contribution in [0, 0.1) is 12.7 Å². The highest BCUT2D eigenvalue weighted by Crippen LogP contribution is 2.17. The molecule has 3 rings (SSSR count). The first-order chi connectivity index (χ1) is 13.7. The Morgan fingerprint density at radius 1 is 1.03 bits per heavy atom. The van der Waals surface area contributed by atoms with Gasteiger partial charge in [0.15, 0.2) is 5.96 Å². The lowest BCUT2D eigenvalue weighted by atomic mass is 10.1. The van der Waals surface area contributed by atoms with Crippen molar-refractivity contribution in [3.05, 3.63) is 59.0 Å². The summed E-state index contributed by atoms with van der Waals surface area (Å²) in [4.78, 5) is 11.3. The van der Waals surface area contributed by atoms with Crippen LogP contribution in [-0.2, 0) is 13.1 Å². The Morgan fingerprint density at radius 3 is 2.28 bits per heavy atom. The maximum Gasteiger partial charge on any atom is 0.191 e. The summed E-state index contributed by atoms with van der Waals surface area (Å²) in [7, 11) is 1.73. The Labute approximate surface area is 190 Å². The van der Waals surface area contributed by atoms with Crippen LogP contribution in [0.1, 0.15) is 42.4 Å². The second-order valence-corrected chi connectivity index (χ2v) is 7.29. The van der Waals surface area contributed by atoms with E-state index < -0.39 is 0 Å². The molecule has 0 atom stereocenters. The lowest BCUT2D eigenvalue weighted by Crippen LogP contribution is -2.36. The Balaban J connectivity index is 0.00000300. The molecule has 29 heavy (non-hydrogen) atoms. The van der Waals surface area contributed by atoms with E-state index in [1.807, 2.05) is 12.3 Å². The number of hydrogen-bond acceptors (Lipinski definition) is 3. The molecule has 5 nitrogen and oxygen atoms in total. The third-order valence-corrected chi connectivity index (χ3v) is 5.12. The molecular formula is C22H31FIN5. The molecule has 0 unspecified atom stereocenters. The van der Waals surface area contributed by atoms with Gasteiger partial charge in [0.25, 0.3) is 0 Å². The van der Waals surface area contributed by atoms with E-state index in [4.69, 9.17) is 0 Å². The number of rotatable bonds is 5. The minimum Gasteiger partial charge on any atom is -0.357 e. The SMILES string of the molecule is CN=C(NCc1ccc(N2CCCCCC2)nc1)NCc1ccc(C)c(F)c1.I. The van der Waals surface area contributed by atoms with Gasteiger partial charge in [0.2, 0.25) is 0 Å². The van der Waals surface area contributed by atoms with E-state index in [1.54, 1.807) is 26.1 Å². The molecule has 1 fully saturated rings. The minimum absolute atomic E-state index is 0. The number of benzene rings is 1. The molecule has 1 aliphatic rings. The molecule has 1 saturated heterocycles. The molecule has 0 bridgehead atoms. The fraction of sp³-hybridized carbons (Fsp3) is 0.455. The third kappa shape index (κ3) is 7.13. The molecule has 1 aromatic heterocycles. The standard InChI is InChI=1S/C22H30FN5.HI/c1-17-7-8-18(13-20(17)23)14-26-22(24-2)27-16-19-9-10-21(25-15-19)28-11-5-3-4-6-12-28;/h7-10,13,15H,3-6,11-12,14,16H2,1-2H3,(H2,24,26,27);1H. The molecule has 158 valence electrons. The van der Waals surface area contributed by atoms with Gasteiger partial charge in [-0.25, -0.2) is 9.37 Å². The molecule has 1 aliphatic heterocycles. The average Bonchev–Trinajstić information content (AvgIpc) is 3.01. The number of aryl methyl sites for hydroxylation is 1. The summed E-state index contributed by atoms with van der Waals surface area (Å²) >= 11 is 0. The molecule has 0 aliphatic carbocycles. The van der Waals surface area contributed by atoms with Gasteiger partial charge in [-0.1, -0.05) is 31.0 Å². The van der Waals surface area contributed by atoms with E-state index in [2.05, 4.69) is 37.6 Å². The normalized spacial score (nSPS) is 14.7. The quantitative estimate of drug-likeness (QED) is 0.355. The van der Waals surface area contributed by atoms with E-state index in [1.165, 1.54) is 25.7 Å². The number of anilines is 1. The molecule has 2 aromatic rings. The second kappa shape index (κ2) is 11.9. The molecule has 2 N–H and O–H groups in total. The zero-order valence-electron chi connectivity index (χ0n) is 17.2. The smallest absolute Gasteiger partial charge is 0.191 e. The summed E-state index contributed by atoms with van der Waals surface area (Å²) in [5.41, 5.74) is 2.64. The fourth-order valence-corrected chi connectivity index (χ4v) is 3.35. The Kier molecular flexibility index (Phi) is 9.63. The van der Waals surface area contributed by atoms with Gasteiger partial charge in [0, 0.05) is 39.4 Å². The lowest BCUT2D eigenvalue weighted by Gasteiger charge is -2.21. The summed E-state index contributed by atoms with van der Waals surface area (Å²) in [6, 6.07) is 9.49. The molecule has 1 aromatic carbocycles. The van der Waals surface area contributed by atoms with Crippen LogP contribution in [0.5, 0.6) is 0 Å². The predicted molar refractivity (Wildman–Crippen MR) is 129 cm³/mol. The first-order valence-electron chi connectivity index (χ1n) is 10.0. The highest BCUT2D eigenvalue weighted by atomic mass is 127. The van der Waals surface area contributed by atoms with Gasteiger partial charge >= 0.3 is 0 Å². The Hall–Kier alpha value is -1.90. The molecular weight excluding hydrogens is 480 g/mol. The number of hydrogen-bond donors (Lipinski definition) is 2. The molecule has 2 heterocycles. The van der Waals surface area contributed by atoms with Crippen molar-refractivity contribution in [3.63, 3.8) is 0 Å². The van der Waals surface area contributed by atoms with Crippen LogP contribution in [0.25, 0.3) is 0 Å². The van der Waals surface area contributed by atoms with E-state index in [9.17, 15) is 4.39 Å². The number of nitrogens with zero attached hydrogens (tertiary/aromatic N) is 3. The maximum atomic E-state index is 13.7. The number of aromatic nitrogens is 1. The van der Waals surface area contributed by atoms with E-state index in [-0.39, 0.29) is 29.8 Å². The first-order valence-corrected chi connectivity index (χ1v) is 10.0. The van der Waals surface area contributed by atoms with Crippen molar-refractivity contribution < 1.29 is 4.39 Å². The number of nitrogens with one attached hydrogen (secondary N) is 2. The zero-order valence-corrected chi connectivity index (χ0v) is 19.6. The van der Waals surface area contributed by atoms with E-state index in [0.29, 0.717) is 24.6 Å². The number of guanidine groups is 1. The molecule has 7 heteroatoms. The zero-order chi connectivity index (χ0) is 19.8. The minimum atomic E-state index is -0.183. The van der Waals surface area contributed by atoms with Crippen molar-refractivity contribution in [3.8, 4) is 0 Å². The fourth-order valence-electron chi connectivity index (χ4n) is 3.35. The van der Waals surface area contributed by atoms with Crippen LogP contribution in [0.3, 0.4) is 0 Å². The van der Waals surface area contributed by atoms with Gasteiger partial charge in [-0.3, -0.25) is 4.99 Å². The highest BCUT2D eigenvalue weighted by Gasteiger charge is 2.10. The van der Waals surface area contributed by atoms with Crippen molar-refractivity contribution in [1.82, 2.24) is 15.6 Å². The Bertz CT molecular complexity index is 786. The van der Waals surface area contributed by atoms with Crippen LogP contribution >= 0.6 is 24.0 Å². The lowest BCUT2D eigenvalue weighted by molar-refractivity contribution is 0.615. The summed E-state index contributed by atoms with van der Waals surface area (Å²) < 4.78 is 13.7. The van der Waals surface area contributed by atoms with Crippen LogP contribution in [0.15, 0.2) is 41.5 Å². The topological polar surface area (TPSA) is 52.6 Å². The molecule has 0 spiro atoms. The second-order valence-electron chi connectivity index (χ2n) is 7.29. The van der Waals surface area contributed by atoms with Crippen LogP contribution in [0.4, 0.5) is 10.2 Å². The maximum absolute atomic E-state index is 13.7. The third-order valence-electron chi connectivity index (χ3n) is 5.12. The summed E-state index contributed by atoms with van der Waals surface area (Å²) in [6.07, 6.45) is 7.06. The van der Waals surface area contributed by atoms with Crippen LogP contribution < -0.4 is 15.5 Å². The first kappa shape index (κ1) is 23.4. The van der Waals surface area contributed by atoms with Gasteiger partial charge in [0.05, 0.1) is 0 Å². The van der Waals surface area contributed by atoms with Gasteiger partial charge in [-0.05, 0) is 48.6 Å². The van der Waals surface area contributed by atoms with Gasteiger partial charge in [0.1, 0.15) is 11.6 Å². The molecule has 0 radical (unpaired) electrons. The predicted octanol–water partition coefficient (Wildman–Crippen LogP) is 4.39. The van der Waals surface area contributed by atoms with Crippen molar-refractivity contribution in [1.29, 1.82) is 0 Å². The number of halogens is 2. The average molecular weight is 511 g/mol. The van der Waals surface area contributed by atoms with E-state index >= 15 is 0 Å². The van der Waals surface area contributed by atoms with Crippen molar-refractivity contribution in [2.45, 2.75) is 45.7 Å². The number of pyridine rings is 1. The summed E-state index contributed by atoms with van der Waals surface area (Å²) in [5, 5.41) is 6.50. The van der Waals surface area contributed by atoms with Gasteiger partial charge in [-0.2, -0.15) is 0 Å². The largest absolute Gasteiger partial charge is 0.357 e. The number of aliphatic imine (C=N–C) groups is 1. The van der Waals surface area contributed by atoms with Crippen molar-refractivity contribution in [2.24, 2.45) is 4.99 Å². The van der Waals surface area contributed by atoms with Crippen molar-refractivity contribution in [2.75, 3.05) is 25.0 Å². The van der Waals surface area contributed by atoms with Crippen LogP contribution in [0.2, 0.25) is 0 Å². The van der Waals surface area contributed by atoms with Crippen molar-refractivity contribution >= 4 is 35.8 Å². The highest BCUT2D eigenvalue weighted by molar-refractivity contribution is 14.0. The molecule has 0 saturated carbocycles. The summed E-state index contributed by atoms with van der Waals surface area (Å²) in [5.74, 6) is 1.56. The Morgan fingerprint density at radius 2 is 1.69 bits per heavy atom. The molecule has 0 amide bonds. The van der Waals surface area contributed by atoms with Gasteiger partial charge in [-0.15, -0.1) is 24.0 Å². The summed E-state index contributed by atoms with van der Waals surface area (Å²) in [6.45, 7) is 5.11. The monoisotopic (exact) mass is 511 g/mol. The van der Waals surface area contributed by atoms with Crippen LogP contribution in [-0.4, -0.2) is 31.1 Å². The van der Waals surface area contributed by atoms with E-state index in [0.717, 1.165) is 30.0 Å².